The molecule has 0 amide bonds. The van der Waals surface area contributed by atoms with E-state index in [1.165, 1.54) is 25.2 Å². The van der Waals surface area contributed by atoms with Crippen LogP contribution >= 0.6 is 0 Å². The Balaban J connectivity index is 1.79. The summed E-state index contributed by atoms with van der Waals surface area (Å²) in [6, 6.07) is 9.17. The summed E-state index contributed by atoms with van der Waals surface area (Å²) < 4.78 is 5.29. The van der Waals surface area contributed by atoms with Gasteiger partial charge in [0.05, 0.1) is 12.2 Å². The molecule has 0 N–H and O–H groups in total. The highest BCUT2D eigenvalue weighted by Crippen LogP contribution is 2.25. The normalized spacial score (nSPS) is 17.0. The van der Waals surface area contributed by atoms with E-state index in [4.69, 9.17) is 4.74 Å². The van der Waals surface area contributed by atoms with E-state index in [0.29, 0.717) is 12.2 Å². The Kier molecular flexibility index (Phi) is 3.97. The SMILES string of the molecule is O=C(OC[C]1CCCCC1)c1ccccc1. The zero-order valence-corrected chi connectivity index (χ0v) is 9.45. The monoisotopic (exact) mass is 217 g/mol. The van der Waals surface area contributed by atoms with Crippen LogP contribution in [0, 0.1) is 5.92 Å². The van der Waals surface area contributed by atoms with Crippen molar-refractivity contribution in [2.24, 2.45) is 0 Å². The van der Waals surface area contributed by atoms with Crippen molar-refractivity contribution in [3.05, 3.63) is 41.8 Å². The van der Waals surface area contributed by atoms with Gasteiger partial charge in [-0.1, -0.05) is 37.5 Å². The van der Waals surface area contributed by atoms with Gasteiger partial charge < -0.3 is 4.74 Å². The third-order valence-corrected chi connectivity index (χ3v) is 2.98. The third-order valence-electron chi connectivity index (χ3n) is 2.98. The predicted octanol–water partition coefficient (Wildman–Crippen LogP) is 3.38. The summed E-state index contributed by atoms with van der Waals surface area (Å²) in [7, 11) is 0. The lowest BCUT2D eigenvalue weighted by molar-refractivity contribution is 0.0508. The molecule has 0 atom stereocenters. The highest BCUT2D eigenvalue weighted by atomic mass is 16.5. The fraction of sp³-hybridized carbons (Fsp3) is 0.429. The molecule has 0 saturated heterocycles. The first-order chi connectivity index (χ1) is 7.86. The first-order valence-corrected chi connectivity index (χ1v) is 5.92. The van der Waals surface area contributed by atoms with Gasteiger partial charge in [0.25, 0.3) is 0 Å². The van der Waals surface area contributed by atoms with E-state index in [2.05, 4.69) is 0 Å². The number of esters is 1. The van der Waals surface area contributed by atoms with Crippen molar-refractivity contribution in [3.8, 4) is 0 Å². The van der Waals surface area contributed by atoms with Gasteiger partial charge in [0, 0.05) is 5.92 Å². The van der Waals surface area contributed by atoms with E-state index >= 15 is 0 Å². The van der Waals surface area contributed by atoms with Crippen LogP contribution in [0.1, 0.15) is 42.5 Å². The maximum atomic E-state index is 11.7. The molecule has 1 aliphatic rings. The summed E-state index contributed by atoms with van der Waals surface area (Å²) in [5.74, 6) is 1.18. The van der Waals surface area contributed by atoms with Crippen molar-refractivity contribution in [3.63, 3.8) is 0 Å². The molecule has 0 aromatic heterocycles. The standard InChI is InChI=1S/C14H17O2/c15-14(13-9-5-2-6-10-13)16-11-12-7-3-1-4-8-12/h2,5-6,9-10H,1,3-4,7-8,11H2. The van der Waals surface area contributed by atoms with Crippen molar-refractivity contribution < 1.29 is 9.53 Å². The molecule has 2 nitrogen and oxygen atoms in total. The van der Waals surface area contributed by atoms with Gasteiger partial charge in [-0.25, -0.2) is 4.79 Å². The van der Waals surface area contributed by atoms with Crippen LogP contribution in [0.5, 0.6) is 0 Å². The fourth-order valence-corrected chi connectivity index (χ4v) is 2.02. The van der Waals surface area contributed by atoms with Crippen molar-refractivity contribution in [2.75, 3.05) is 6.61 Å². The molecule has 1 saturated carbocycles. The second-order valence-corrected chi connectivity index (χ2v) is 4.25. The summed E-state index contributed by atoms with van der Waals surface area (Å²) in [4.78, 5) is 11.7. The van der Waals surface area contributed by atoms with Gasteiger partial charge in [0.1, 0.15) is 0 Å². The van der Waals surface area contributed by atoms with Crippen LogP contribution in [0.15, 0.2) is 30.3 Å². The lowest BCUT2D eigenvalue weighted by atomic mass is 9.90. The van der Waals surface area contributed by atoms with Gasteiger partial charge in [0.2, 0.25) is 0 Å². The minimum atomic E-state index is -0.210. The van der Waals surface area contributed by atoms with E-state index in [1.807, 2.05) is 18.2 Å². The molecular weight excluding hydrogens is 200 g/mol. The molecule has 0 unspecified atom stereocenters. The molecule has 0 aliphatic heterocycles. The molecule has 16 heavy (non-hydrogen) atoms. The van der Waals surface area contributed by atoms with Crippen LogP contribution in [0.25, 0.3) is 0 Å². The van der Waals surface area contributed by atoms with Crippen molar-refractivity contribution >= 4 is 5.97 Å². The quantitative estimate of drug-likeness (QED) is 0.725. The molecule has 2 rings (SSSR count). The smallest absolute Gasteiger partial charge is 0.338 e. The second kappa shape index (κ2) is 5.69. The van der Waals surface area contributed by atoms with Crippen LogP contribution in [0.3, 0.4) is 0 Å². The van der Waals surface area contributed by atoms with E-state index in [9.17, 15) is 4.79 Å². The van der Waals surface area contributed by atoms with Crippen LogP contribution in [0.2, 0.25) is 0 Å². The van der Waals surface area contributed by atoms with Crippen LogP contribution < -0.4 is 0 Å². The first kappa shape index (κ1) is 11.2. The third kappa shape index (κ3) is 3.09. The molecule has 1 radical (unpaired) electrons. The topological polar surface area (TPSA) is 26.3 Å². The molecule has 1 fully saturated rings. The molecule has 2 heteroatoms. The predicted molar refractivity (Wildman–Crippen MR) is 63.1 cm³/mol. The minimum Gasteiger partial charge on any atom is -0.461 e. The number of hydrogen-bond acceptors (Lipinski definition) is 2. The average molecular weight is 217 g/mol. The maximum absolute atomic E-state index is 11.7. The second-order valence-electron chi connectivity index (χ2n) is 4.25. The van der Waals surface area contributed by atoms with Crippen LogP contribution in [0.4, 0.5) is 0 Å². The summed E-state index contributed by atoms with van der Waals surface area (Å²) in [6.07, 6.45) is 6.07. The Labute approximate surface area is 96.6 Å². The maximum Gasteiger partial charge on any atom is 0.338 e. The molecular formula is C14H17O2. The average Bonchev–Trinajstić information content (AvgIpc) is 2.38. The van der Waals surface area contributed by atoms with E-state index in [-0.39, 0.29) is 5.97 Å². The Morgan fingerprint density at radius 3 is 2.44 bits per heavy atom. The molecule has 0 spiro atoms. The van der Waals surface area contributed by atoms with Crippen molar-refractivity contribution in [2.45, 2.75) is 32.1 Å². The van der Waals surface area contributed by atoms with Gasteiger partial charge in [-0.05, 0) is 25.0 Å². The van der Waals surface area contributed by atoms with Gasteiger partial charge in [-0.15, -0.1) is 0 Å². The van der Waals surface area contributed by atoms with Gasteiger partial charge in [-0.2, -0.15) is 0 Å². The summed E-state index contributed by atoms with van der Waals surface area (Å²) in [5, 5.41) is 0. The molecule has 85 valence electrons. The Hall–Kier alpha value is -1.31. The number of benzene rings is 1. The van der Waals surface area contributed by atoms with E-state index in [0.717, 1.165) is 12.8 Å². The van der Waals surface area contributed by atoms with E-state index in [1.54, 1.807) is 12.1 Å². The fourth-order valence-electron chi connectivity index (χ4n) is 2.02. The Morgan fingerprint density at radius 2 is 1.75 bits per heavy atom. The highest BCUT2D eigenvalue weighted by molar-refractivity contribution is 5.89. The molecule has 1 aromatic rings. The number of rotatable bonds is 3. The number of hydrogen-bond donors (Lipinski definition) is 0. The molecule has 1 aliphatic carbocycles. The van der Waals surface area contributed by atoms with Gasteiger partial charge in [-0.3, -0.25) is 0 Å². The van der Waals surface area contributed by atoms with Crippen molar-refractivity contribution in [1.82, 2.24) is 0 Å². The number of ether oxygens (including phenoxy) is 1. The highest BCUT2D eigenvalue weighted by Gasteiger charge is 2.16. The summed E-state index contributed by atoms with van der Waals surface area (Å²) >= 11 is 0. The lowest BCUT2D eigenvalue weighted by Gasteiger charge is -2.20. The van der Waals surface area contributed by atoms with E-state index < -0.39 is 0 Å². The zero-order chi connectivity index (χ0) is 11.2. The Bertz CT molecular complexity index is 326. The molecule has 0 bridgehead atoms. The van der Waals surface area contributed by atoms with Crippen LogP contribution in [-0.2, 0) is 4.74 Å². The summed E-state index contributed by atoms with van der Waals surface area (Å²) in [5.41, 5.74) is 0.638. The first-order valence-electron chi connectivity index (χ1n) is 5.92. The molecule has 1 aromatic carbocycles. The van der Waals surface area contributed by atoms with Crippen LogP contribution in [-0.4, -0.2) is 12.6 Å². The number of carbonyl (C=O) groups is 1. The van der Waals surface area contributed by atoms with Gasteiger partial charge >= 0.3 is 5.97 Å². The van der Waals surface area contributed by atoms with Gasteiger partial charge in [0.15, 0.2) is 0 Å². The number of carbonyl (C=O) groups excluding carboxylic acids is 1. The zero-order valence-electron chi connectivity index (χ0n) is 9.45. The largest absolute Gasteiger partial charge is 0.461 e. The Morgan fingerprint density at radius 1 is 1.06 bits per heavy atom. The van der Waals surface area contributed by atoms with Crippen molar-refractivity contribution in [1.29, 1.82) is 0 Å². The summed E-state index contributed by atoms with van der Waals surface area (Å²) in [6.45, 7) is 0.508. The lowest BCUT2D eigenvalue weighted by Crippen LogP contribution is -2.15. The molecule has 0 heterocycles. The minimum absolute atomic E-state index is 0.210.